The first kappa shape index (κ1) is 13.5. The maximum Gasteiger partial charge on any atom is 0.166 e. The molecule has 16 heavy (non-hydrogen) atoms. The molecule has 0 atom stereocenters. The van der Waals surface area contributed by atoms with Crippen LogP contribution in [0.3, 0.4) is 0 Å². The fourth-order valence-corrected chi connectivity index (χ4v) is 1.56. The molecule has 1 aromatic carbocycles. The zero-order chi connectivity index (χ0) is 12.0. The number of hydrogen-bond acceptors (Lipinski definition) is 2. The monoisotopic (exact) mass is 278 g/mol. The molecule has 88 valence electrons. The molecule has 0 amide bonds. The van der Waals surface area contributed by atoms with Crippen molar-refractivity contribution in [3.05, 3.63) is 33.8 Å². The lowest BCUT2D eigenvalue weighted by Crippen LogP contribution is -2.36. The second-order valence-electron chi connectivity index (χ2n) is 3.08. The minimum atomic E-state index is 0.0502. The molecule has 0 spiro atoms. The molecule has 0 unspecified atom stereocenters. The first-order valence-corrected chi connectivity index (χ1v) is 5.86. The van der Waals surface area contributed by atoms with Gasteiger partial charge in [-0.05, 0) is 29.9 Å². The van der Waals surface area contributed by atoms with E-state index in [2.05, 4.69) is 10.6 Å². The van der Waals surface area contributed by atoms with E-state index >= 15 is 0 Å². The summed E-state index contributed by atoms with van der Waals surface area (Å²) >= 11 is 16.6. The van der Waals surface area contributed by atoms with Gasteiger partial charge in [0, 0.05) is 13.1 Å². The molecular formula is C10H12Cl2N2OS. The minimum absolute atomic E-state index is 0.0502. The Morgan fingerprint density at radius 3 is 2.62 bits per heavy atom. The predicted octanol–water partition coefficient (Wildman–Crippen LogP) is 1.95. The van der Waals surface area contributed by atoms with Crippen LogP contribution in [0, 0.1) is 0 Å². The maximum atomic E-state index is 8.59. The van der Waals surface area contributed by atoms with E-state index in [0.29, 0.717) is 28.2 Å². The fraction of sp³-hybridized carbons (Fsp3) is 0.300. The molecule has 0 aliphatic carbocycles. The Balaban J connectivity index is 2.42. The van der Waals surface area contributed by atoms with Gasteiger partial charge in [0.1, 0.15) is 0 Å². The van der Waals surface area contributed by atoms with Crippen molar-refractivity contribution in [3.8, 4) is 0 Å². The quantitative estimate of drug-likeness (QED) is 0.737. The fourth-order valence-electron chi connectivity index (χ4n) is 1.06. The van der Waals surface area contributed by atoms with E-state index in [1.54, 1.807) is 12.1 Å². The summed E-state index contributed by atoms with van der Waals surface area (Å²) in [6.07, 6.45) is 0. The number of hydrogen-bond donors (Lipinski definition) is 3. The van der Waals surface area contributed by atoms with Gasteiger partial charge in [-0.2, -0.15) is 0 Å². The van der Waals surface area contributed by atoms with Gasteiger partial charge in [0.05, 0.1) is 16.7 Å². The first-order chi connectivity index (χ1) is 7.63. The maximum absolute atomic E-state index is 8.59. The molecule has 0 aromatic heterocycles. The standard InChI is InChI=1S/C10H12Cl2N2OS/c11-8-2-1-7(5-9(8)12)6-14-10(16)13-3-4-15/h1-2,5,15H,3-4,6H2,(H2,13,14,16). The second-order valence-corrected chi connectivity index (χ2v) is 4.30. The van der Waals surface area contributed by atoms with Crippen LogP contribution in [-0.4, -0.2) is 23.4 Å². The van der Waals surface area contributed by atoms with Gasteiger partial charge in [0.15, 0.2) is 5.11 Å². The highest BCUT2D eigenvalue weighted by molar-refractivity contribution is 7.80. The van der Waals surface area contributed by atoms with Crippen LogP contribution in [0.25, 0.3) is 0 Å². The van der Waals surface area contributed by atoms with Crippen molar-refractivity contribution in [1.29, 1.82) is 0 Å². The Morgan fingerprint density at radius 2 is 2.00 bits per heavy atom. The molecule has 0 aliphatic rings. The molecule has 0 bridgehead atoms. The number of nitrogens with one attached hydrogen (secondary N) is 2. The Kier molecular flexibility index (Phi) is 5.84. The number of rotatable bonds is 4. The van der Waals surface area contributed by atoms with Crippen molar-refractivity contribution in [1.82, 2.24) is 10.6 Å². The van der Waals surface area contributed by atoms with Crippen LogP contribution < -0.4 is 10.6 Å². The summed E-state index contributed by atoms with van der Waals surface area (Å²) in [5.74, 6) is 0. The highest BCUT2D eigenvalue weighted by Crippen LogP contribution is 2.22. The van der Waals surface area contributed by atoms with Crippen LogP contribution >= 0.6 is 35.4 Å². The summed E-state index contributed by atoms with van der Waals surface area (Å²) < 4.78 is 0. The second kappa shape index (κ2) is 6.91. The summed E-state index contributed by atoms with van der Waals surface area (Å²) in [7, 11) is 0. The lowest BCUT2D eigenvalue weighted by Gasteiger charge is -2.09. The molecule has 3 nitrogen and oxygen atoms in total. The molecule has 0 saturated carbocycles. The molecule has 3 N–H and O–H groups in total. The lowest BCUT2D eigenvalue weighted by molar-refractivity contribution is 0.300. The van der Waals surface area contributed by atoms with Gasteiger partial charge >= 0.3 is 0 Å². The summed E-state index contributed by atoms with van der Waals surface area (Å²) in [4.78, 5) is 0. The lowest BCUT2D eigenvalue weighted by atomic mass is 10.2. The van der Waals surface area contributed by atoms with Crippen LogP contribution in [0.1, 0.15) is 5.56 Å². The largest absolute Gasteiger partial charge is 0.395 e. The third-order valence-electron chi connectivity index (χ3n) is 1.83. The van der Waals surface area contributed by atoms with Crippen molar-refractivity contribution < 1.29 is 5.11 Å². The SMILES string of the molecule is OCCNC(=S)NCc1ccc(Cl)c(Cl)c1. The van der Waals surface area contributed by atoms with Gasteiger partial charge in [-0.3, -0.25) is 0 Å². The van der Waals surface area contributed by atoms with Gasteiger partial charge in [-0.1, -0.05) is 29.3 Å². The Bertz CT molecular complexity index is 374. The highest BCUT2D eigenvalue weighted by Gasteiger charge is 2.00. The zero-order valence-corrected chi connectivity index (χ0v) is 10.8. The van der Waals surface area contributed by atoms with Crippen LogP contribution in [0.4, 0.5) is 0 Å². The van der Waals surface area contributed by atoms with Crippen molar-refractivity contribution in [2.24, 2.45) is 0 Å². The van der Waals surface area contributed by atoms with E-state index in [4.69, 9.17) is 40.5 Å². The van der Waals surface area contributed by atoms with Crippen LogP contribution in [-0.2, 0) is 6.54 Å². The normalized spacial score (nSPS) is 9.94. The van der Waals surface area contributed by atoms with E-state index in [1.807, 2.05) is 6.07 Å². The summed E-state index contributed by atoms with van der Waals surface area (Å²) in [5.41, 5.74) is 0.988. The van der Waals surface area contributed by atoms with E-state index < -0.39 is 0 Å². The summed E-state index contributed by atoms with van der Waals surface area (Å²) in [6.45, 7) is 1.05. The average Bonchev–Trinajstić information content (AvgIpc) is 2.28. The van der Waals surface area contributed by atoms with Crippen molar-refractivity contribution in [2.45, 2.75) is 6.54 Å². The smallest absolute Gasteiger partial charge is 0.166 e. The predicted molar refractivity (Wildman–Crippen MR) is 71.0 cm³/mol. The van der Waals surface area contributed by atoms with Crippen LogP contribution in [0.15, 0.2) is 18.2 Å². The first-order valence-electron chi connectivity index (χ1n) is 4.70. The summed E-state index contributed by atoms with van der Waals surface area (Å²) in [6, 6.07) is 5.40. The van der Waals surface area contributed by atoms with Gasteiger partial charge < -0.3 is 15.7 Å². The van der Waals surface area contributed by atoms with E-state index in [-0.39, 0.29) is 6.61 Å². The van der Waals surface area contributed by atoms with Gasteiger partial charge in [0.2, 0.25) is 0 Å². The van der Waals surface area contributed by atoms with E-state index in [1.165, 1.54) is 0 Å². The van der Waals surface area contributed by atoms with Gasteiger partial charge in [-0.25, -0.2) is 0 Å². The Morgan fingerprint density at radius 1 is 1.25 bits per heavy atom. The molecule has 1 rings (SSSR count). The van der Waals surface area contributed by atoms with Crippen LogP contribution in [0.5, 0.6) is 0 Å². The Hall–Kier alpha value is -0.550. The van der Waals surface area contributed by atoms with Crippen molar-refractivity contribution in [2.75, 3.05) is 13.2 Å². The average molecular weight is 279 g/mol. The van der Waals surface area contributed by atoms with Crippen molar-refractivity contribution >= 4 is 40.5 Å². The number of thiocarbonyl (C=S) groups is 1. The molecule has 6 heteroatoms. The minimum Gasteiger partial charge on any atom is -0.395 e. The zero-order valence-electron chi connectivity index (χ0n) is 8.46. The molecular weight excluding hydrogens is 267 g/mol. The molecule has 0 fully saturated rings. The molecule has 0 aliphatic heterocycles. The van der Waals surface area contributed by atoms with E-state index in [9.17, 15) is 0 Å². The molecule has 0 heterocycles. The third-order valence-corrected chi connectivity index (χ3v) is 2.86. The van der Waals surface area contributed by atoms with Gasteiger partial charge in [-0.15, -0.1) is 0 Å². The molecule has 0 radical (unpaired) electrons. The Labute approximate surface area is 110 Å². The van der Waals surface area contributed by atoms with Crippen LogP contribution in [0.2, 0.25) is 10.0 Å². The molecule has 0 saturated heterocycles. The number of aliphatic hydroxyl groups excluding tert-OH is 1. The number of aliphatic hydroxyl groups is 1. The third kappa shape index (κ3) is 4.53. The van der Waals surface area contributed by atoms with Gasteiger partial charge in [0.25, 0.3) is 0 Å². The van der Waals surface area contributed by atoms with Crippen molar-refractivity contribution in [3.63, 3.8) is 0 Å². The highest BCUT2D eigenvalue weighted by atomic mass is 35.5. The topological polar surface area (TPSA) is 44.3 Å². The summed E-state index contributed by atoms with van der Waals surface area (Å²) in [5, 5.41) is 16.0. The number of halogens is 2. The van der Waals surface area contributed by atoms with E-state index in [0.717, 1.165) is 5.56 Å². The molecule has 1 aromatic rings. The number of benzene rings is 1.